The maximum atomic E-state index is 13.5. The molecule has 0 aliphatic carbocycles. The number of aryl methyl sites for hydroxylation is 1. The van der Waals surface area contributed by atoms with E-state index < -0.39 is 11.6 Å². The van der Waals surface area contributed by atoms with Crippen molar-refractivity contribution < 1.29 is 18.3 Å². The van der Waals surface area contributed by atoms with Crippen LogP contribution in [0.1, 0.15) is 16.7 Å². The number of rotatable bonds is 6. The molecule has 0 saturated heterocycles. The van der Waals surface area contributed by atoms with Gasteiger partial charge in [-0.2, -0.15) is 0 Å². The van der Waals surface area contributed by atoms with E-state index in [1.165, 1.54) is 12.1 Å². The minimum atomic E-state index is -0.649. The van der Waals surface area contributed by atoms with Gasteiger partial charge in [-0.3, -0.25) is 4.79 Å². The number of alkyl halides is 1. The first kappa shape index (κ1) is 17.4. The van der Waals surface area contributed by atoms with Crippen molar-refractivity contribution in [1.29, 1.82) is 0 Å². The van der Waals surface area contributed by atoms with Crippen molar-refractivity contribution in [3.63, 3.8) is 0 Å². The number of carbonyl (C=O) groups is 1. The van der Waals surface area contributed by atoms with Gasteiger partial charge in [-0.1, -0.05) is 18.2 Å². The van der Waals surface area contributed by atoms with E-state index in [4.69, 9.17) is 16.3 Å². The number of nitrogens with one attached hydrogen (secondary N) is 1. The number of ether oxygens (including phenoxy) is 1. The molecule has 0 atom stereocenters. The van der Waals surface area contributed by atoms with Crippen molar-refractivity contribution in [1.82, 2.24) is 0 Å². The molecule has 0 fully saturated rings. The van der Waals surface area contributed by atoms with Gasteiger partial charge in [0, 0.05) is 22.9 Å². The van der Waals surface area contributed by atoms with E-state index in [9.17, 15) is 13.6 Å². The van der Waals surface area contributed by atoms with Crippen LogP contribution in [0.5, 0.6) is 0 Å². The van der Waals surface area contributed by atoms with E-state index in [1.807, 2.05) is 25.1 Å². The van der Waals surface area contributed by atoms with Gasteiger partial charge < -0.3 is 10.1 Å². The van der Waals surface area contributed by atoms with Gasteiger partial charge in [0.15, 0.2) is 0 Å². The Balaban J connectivity index is 2.03. The van der Waals surface area contributed by atoms with Crippen molar-refractivity contribution in [2.75, 3.05) is 11.2 Å². The maximum Gasteiger partial charge on any atom is 0.239 e. The largest absolute Gasteiger partial charge is 0.372 e. The molecule has 2 rings (SSSR count). The van der Waals surface area contributed by atoms with Crippen LogP contribution in [0, 0.1) is 18.6 Å². The highest BCUT2D eigenvalue weighted by Crippen LogP contribution is 2.20. The third-order valence-electron chi connectivity index (χ3n) is 3.19. The van der Waals surface area contributed by atoms with Crippen LogP contribution in [0.2, 0.25) is 0 Å². The second-order valence-electron chi connectivity index (χ2n) is 5.07. The zero-order chi connectivity index (χ0) is 16.8. The van der Waals surface area contributed by atoms with Gasteiger partial charge in [0.25, 0.3) is 0 Å². The van der Waals surface area contributed by atoms with Crippen molar-refractivity contribution >= 4 is 23.2 Å². The fraction of sp³-hybridized carbons (Fsp3) is 0.235. The Morgan fingerprint density at radius 2 is 1.83 bits per heavy atom. The SMILES string of the molecule is Cc1ccc(COCc2ccc(F)cc2F)c(NC(=O)CCl)c1. The van der Waals surface area contributed by atoms with Gasteiger partial charge in [0.2, 0.25) is 5.91 Å². The van der Waals surface area contributed by atoms with Crippen molar-refractivity contribution in [2.45, 2.75) is 20.1 Å². The first-order chi connectivity index (χ1) is 11.0. The highest BCUT2D eigenvalue weighted by atomic mass is 35.5. The Hall–Kier alpha value is -1.98. The number of anilines is 1. The molecule has 6 heteroatoms. The smallest absolute Gasteiger partial charge is 0.239 e. The van der Waals surface area contributed by atoms with Crippen LogP contribution in [0.15, 0.2) is 36.4 Å². The summed E-state index contributed by atoms with van der Waals surface area (Å²) in [4.78, 5) is 11.4. The fourth-order valence-corrected chi connectivity index (χ4v) is 2.09. The predicted octanol–water partition coefficient (Wildman–Crippen LogP) is 4.17. The Morgan fingerprint density at radius 3 is 2.52 bits per heavy atom. The lowest BCUT2D eigenvalue weighted by atomic mass is 10.1. The molecule has 0 aromatic heterocycles. The first-order valence-corrected chi connectivity index (χ1v) is 7.50. The summed E-state index contributed by atoms with van der Waals surface area (Å²) in [6.45, 7) is 2.08. The lowest BCUT2D eigenvalue weighted by Crippen LogP contribution is -2.14. The monoisotopic (exact) mass is 339 g/mol. The molecule has 23 heavy (non-hydrogen) atoms. The second-order valence-corrected chi connectivity index (χ2v) is 5.34. The van der Waals surface area contributed by atoms with Crippen LogP contribution in [0.4, 0.5) is 14.5 Å². The van der Waals surface area contributed by atoms with Crippen LogP contribution in [0.3, 0.4) is 0 Å². The maximum absolute atomic E-state index is 13.5. The average molecular weight is 340 g/mol. The zero-order valence-electron chi connectivity index (χ0n) is 12.5. The molecule has 3 nitrogen and oxygen atoms in total. The van der Waals surface area contributed by atoms with E-state index in [0.717, 1.165) is 17.2 Å². The highest BCUT2D eigenvalue weighted by Gasteiger charge is 2.08. The number of amides is 1. The molecule has 0 saturated carbocycles. The quantitative estimate of drug-likeness (QED) is 0.802. The van der Waals surface area contributed by atoms with Gasteiger partial charge in [-0.05, 0) is 24.6 Å². The van der Waals surface area contributed by atoms with E-state index in [1.54, 1.807) is 0 Å². The van der Waals surface area contributed by atoms with E-state index >= 15 is 0 Å². The Kier molecular flexibility index (Phi) is 6.07. The zero-order valence-corrected chi connectivity index (χ0v) is 13.3. The summed E-state index contributed by atoms with van der Waals surface area (Å²) >= 11 is 5.49. The molecule has 0 heterocycles. The van der Waals surface area contributed by atoms with Gasteiger partial charge >= 0.3 is 0 Å². The third kappa shape index (κ3) is 5.01. The summed E-state index contributed by atoms with van der Waals surface area (Å²) in [5, 5.41) is 2.69. The molecule has 0 radical (unpaired) electrons. The van der Waals surface area contributed by atoms with Crippen LogP contribution in [0.25, 0.3) is 0 Å². The predicted molar refractivity (Wildman–Crippen MR) is 85.4 cm³/mol. The van der Waals surface area contributed by atoms with Crippen molar-refractivity contribution in [3.05, 3.63) is 64.7 Å². The normalized spacial score (nSPS) is 10.6. The molecule has 0 aliphatic heterocycles. The summed E-state index contributed by atoms with van der Waals surface area (Å²) < 4.78 is 31.9. The molecule has 122 valence electrons. The lowest BCUT2D eigenvalue weighted by Gasteiger charge is -2.12. The van der Waals surface area contributed by atoms with Crippen LogP contribution in [-0.2, 0) is 22.7 Å². The molecular weight excluding hydrogens is 324 g/mol. The minimum absolute atomic E-state index is 0.00286. The number of benzene rings is 2. The molecule has 1 amide bonds. The fourth-order valence-electron chi connectivity index (χ4n) is 2.03. The van der Waals surface area contributed by atoms with E-state index in [0.29, 0.717) is 5.69 Å². The summed E-state index contributed by atoms with van der Waals surface area (Å²) in [5.74, 6) is -1.74. The molecule has 0 aliphatic rings. The van der Waals surface area contributed by atoms with Crippen LogP contribution < -0.4 is 5.32 Å². The van der Waals surface area contributed by atoms with Crippen molar-refractivity contribution in [2.24, 2.45) is 0 Å². The second kappa shape index (κ2) is 8.04. The number of halogens is 3. The van der Waals surface area contributed by atoms with E-state index in [2.05, 4.69) is 5.32 Å². The average Bonchev–Trinajstić information content (AvgIpc) is 2.51. The van der Waals surface area contributed by atoms with Crippen LogP contribution in [-0.4, -0.2) is 11.8 Å². The molecule has 0 spiro atoms. The summed E-state index contributed by atoms with van der Waals surface area (Å²) in [7, 11) is 0. The Morgan fingerprint density at radius 1 is 1.13 bits per heavy atom. The Bertz CT molecular complexity index is 707. The number of hydrogen-bond donors (Lipinski definition) is 1. The minimum Gasteiger partial charge on any atom is -0.372 e. The first-order valence-electron chi connectivity index (χ1n) is 6.96. The van der Waals surface area contributed by atoms with Gasteiger partial charge in [0.1, 0.15) is 17.5 Å². The summed E-state index contributed by atoms with van der Waals surface area (Å²) in [5.41, 5.74) is 2.60. The van der Waals surface area contributed by atoms with Gasteiger partial charge in [-0.25, -0.2) is 8.78 Å². The van der Waals surface area contributed by atoms with Crippen LogP contribution >= 0.6 is 11.6 Å². The molecule has 0 bridgehead atoms. The third-order valence-corrected chi connectivity index (χ3v) is 3.43. The summed E-state index contributed by atoms with van der Waals surface area (Å²) in [6, 6.07) is 8.85. The van der Waals surface area contributed by atoms with Gasteiger partial charge in [-0.15, -0.1) is 11.6 Å². The molecule has 2 aromatic rings. The molecular formula is C17H16ClF2NO2. The van der Waals surface area contributed by atoms with Gasteiger partial charge in [0.05, 0.1) is 13.2 Å². The molecule has 2 aromatic carbocycles. The van der Waals surface area contributed by atoms with Crippen molar-refractivity contribution in [3.8, 4) is 0 Å². The topological polar surface area (TPSA) is 38.3 Å². The number of hydrogen-bond acceptors (Lipinski definition) is 2. The standard InChI is InChI=1S/C17H16ClF2NO2/c1-11-2-3-13(16(6-11)21-17(22)8-18)10-23-9-12-4-5-14(19)7-15(12)20/h2-7H,8-10H2,1H3,(H,21,22). The lowest BCUT2D eigenvalue weighted by molar-refractivity contribution is -0.113. The highest BCUT2D eigenvalue weighted by molar-refractivity contribution is 6.29. The number of carbonyl (C=O) groups excluding carboxylic acids is 1. The summed E-state index contributed by atoms with van der Waals surface area (Å²) in [6.07, 6.45) is 0. The molecule has 1 N–H and O–H groups in total. The van der Waals surface area contributed by atoms with E-state index in [-0.39, 0.29) is 30.6 Å². The Labute approximate surface area is 138 Å². The molecule has 0 unspecified atom stereocenters.